The van der Waals surface area contributed by atoms with Crippen molar-refractivity contribution in [1.29, 1.82) is 0 Å². The number of methoxy groups -OCH3 is 1. The molecule has 0 unspecified atom stereocenters. The molecule has 0 saturated carbocycles. The van der Waals surface area contributed by atoms with E-state index in [2.05, 4.69) is 14.7 Å². The third-order valence-electron chi connectivity index (χ3n) is 2.57. The van der Waals surface area contributed by atoms with E-state index in [0.29, 0.717) is 0 Å². The number of ether oxygens (including phenoxy) is 1. The Balaban J connectivity index is 2.52. The summed E-state index contributed by atoms with van der Waals surface area (Å²) in [5, 5.41) is 9.45. The number of halogens is 3. The molecule has 0 atom stereocenters. The maximum atomic E-state index is 12.7. The quantitative estimate of drug-likeness (QED) is 0.863. The van der Waals surface area contributed by atoms with Crippen LogP contribution in [0.2, 0.25) is 0 Å². The fraction of sp³-hybridized carbons (Fsp3) is 0.154. The molecule has 110 valence electrons. The lowest BCUT2D eigenvalue weighted by atomic mass is 10.1. The maximum Gasteiger partial charge on any atom is 0.416 e. The van der Waals surface area contributed by atoms with Crippen molar-refractivity contribution in [3.05, 3.63) is 41.7 Å². The number of benzene rings is 1. The maximum absolute atomic E-state index is 12.7. The molecule has 0 amide bonds. The molecule has 1 N–H and O–H groups in total. The van der Waals surface area contributed by atoms with E-state index < -0.39 is 29.4 Å². The first-order valence-corrected chi connectivity index (χ1v) is 5.65. The Morgan fingerprint density at radius 2 is 1.95 bits per heavy atom. The van der Waals surface area contributed by atoms with Crippen LogP contribution in [0, 0.1) is 0 Å². The molecule has 0 saturated heterocycles. The van der Waals surface area contributed by atoms with Crippen LogP contribution in [0.15, 0.2) is 30.3 Å². The van der Waals surface area contributed by atoms with Crippen molar-refractivity contribution >= 4 is 5.97 Å². The van der Waals surface area contributed by atoms with Gasteiger partial charge in [0.2, 0.25) is 11.7 Å². The first-order valence-electron chi connectivity index (χ1n) is 5.65. The average Bonchev–Trinajstić information content (AvgIpc) is 2.45. The minimum Gasteiger partial charge on any atom is -0.493 e. The van der Waals surface area contributed by atoms with Crippen LogP contribution in [0.3, 0.4) is 0 Å². The molecule has 8 heteroatoms. The molecule has 21 heavy (non-hydrogen) atoms. The van der Waals surface area contributed by atoms with Gasteiger partial charge >= 0.3 is 12.1 Å². The monoisotopic (exact) mass is 298 g/mol. The number of aromatic nitrogens is 2. The molecule has 0 aliphatic rings. The van der Waals surface area contributed by atoms with Crippen LogP contribution in [0.4, 0.5) is 13.2 Å². The summed E-state index contributed by atoms with van der Waals surface area (Å²) in [6.07, 6.45) is -4.50. The van der Waals surface area contributed by atoms with Crippen LogP contribution in [-0.4, -0.2) is 28.2 Å². The second-order valence-corrected chi connectivity index (χ2v) is 4.01. The molecule has 1 aromatic carbocycles. The number of hydrogen-bond acceptors (Lipinski definition) is 5. The van der Waals surface area contributed by atoms with Crippen LogP contribution in [-0.2, 0) is 10.9 Å². The molecule has 0 fully saturated rings. The fourth-order valence-electron chi connectivity index (χ4n) is 1.62. The predicted molar refractivity (Wildman–Crippen MR) is 65.5 cm³/mol. The zero-order chi connectivity index (χ0) is 15.6. The van der Waals surface area contributed by atoms with Crippen LogP contribution >= 0.6 is 0 Å². The van der Waals surface area contributed by atoms with E-state index >= 15 is 0 Å². The van der Waals surface area contributed by atoms with E-state index in [0.717, 1.165) is 25.3 Å². The molecule has 1 heterocycles. The number of alkyl halides is 3. The molecule has 5 nitrogen and oxygen atoms in total. The van der Waals surface area contributed by atoms with Gasteiger partial charge in [-0.2, -0.15) is 18.2 Å². The van der Waals surface area contributed by atoms with Crippen molar-refractivity contribution in [2.24, 2.45) is 0 Å². The highest BCUT2D eigenvalue weighted by Gasteiger charge is 2.30. The first kappa shape index (κ1) is 14.8. The zero-order valence-electron chi connectivity index (χ0n) is 10.7. The number of carbonyl (C=O) groups is 1. The normalized spacial score (nSPS) is 11.2. The van der Waals surface area contributed by atoms with Crippen molar-refractivity contribution in [2.75, 3.05) is 7.11 Å². The summed E-state index contributed by atoms with van der Waals surface area (Å²) in [4.78, 5) is 18.6. The predicted octanol–water partition coefficient (Wildman–Crippen LogP) is 2.65. The van der Waals surface area contributed by atoms with Crippen molar-refractivity contribution in [1.82, 2.24) is 9.97 Å². The third-order valence-corrected chi connectivity index (χ3v) is 2.57. The van der Waals surface area contributed by atoms with Gasteiger partial charge in [0.15, 0.2) is 0 Å². The summed E-state index contributed by atoms with van der Waals surface area (Å²) in [5.41, 5.74) is -0.792. The fourth-order valence-corrected chi connectivity index (χ4v) is 1.62. The van der Waals surface area contributed by atoms with Gasteiger partial charge in [0.05, 0.1) is 18.4 Å². The zero-order valence-corrected chi connectivity index (χ0v) is 10.7. The molecule has 0 radical (unpaired) electrons. The third kappa shape index (κ3) is 3.28. The Morgan fingerprint density at radius 1 is 1.24 bits per heavy atom. The van der Waals surface area contributed by atoms with E-state index in [1.54, 1.807) is 0 Å². The van der Waals surface area contributed by atoms with Crippen LogP contribution < -0.4 is 0 Å². The molecule has 2 aromatic rings. The lowest BCUT2D eigenvalue weighted by Gasteiger charge is -2.09. The average molecular weight is 298 g/mol. The lowest BCUT2D eigenvalue weighted by molar-refractivity contribution is -0.137. The summed E-state index contributed by atoms with van der Waals surface area (Å²) in [7, 11) is 1.10. The number of aromatic hydroxyl groups is 1. The summed E-state index contributed by atoms with van der Waals surface area (Å²) in [6, 6.07) is 5.41. The second-order valence-electron chi connectivity index (χ2n) is 4.01. The van der Waals surface area contributed by atoms with E-state index in [-0.39, 0.29) is 11.3 Å². The van der Waals surface area contributed by atoms with Gasteiger partial charge in [-0.15, -0.1) is 0 Å². The number of esters is 1. The molecule has 1 aromatic heterocycles. The van der Waals surface area contributed by atoms with Crippen LogP contribution in [0.1, 0.15) is 16.2 Å². The van der Waals surface area contributed by atoms with Gasteiger partial charge in [-0.05, 0) is 12.1 Å². The van der Waals surface area contributed by atoms with Gasteiger partial charge in [-0.25, -0.2) is 9.78 Å². The Labute approximate surface area is 117 Å². The number of carbonyl (C=O) groups excluding carboxylic acids is 1. The Morgan fingerprint density at radius 3 is 2.57 bits per heavy atom. The molecular weight excluding hydrogens is 289 g/mol. The summed E-state index contributed by atoms with van der Waals surface area (Å²) in [6.45, 7) is 0. The van der Waals surface area contributed by atoms with Gasteiger partial charge in [0, 0.05) is 11.6 Å². The molecule has 2 rings (SSSR count). The standard InChI is InChI=1S/C13H9F3N2O3/c1-21-12(20)11-17-9(6-10(19)18-11)7-3-2-4-8(5-7)13(14,15)16/h2-6H,1H3,(H,17,18,19). The minimum atomic E-state index is -4.50. The molecular formula is C13H9F3N2O3. The van der Waals surface area contributed by atoms with Crippen molar-refractivity contribution < 1.29 is 27.8 Å². The molecule has 0 aliphatic carbocycles. The number of nitrogens with zero attached hydrogens (tertiary/aromatic N) is 2. The van der Waals surface area contributed by atoms with Gasteiger partial charge < -0.3 is 9.84 Å². The van der Waals surface area contributed by atoms with Gasteiger partial charge in [0.1, 0.15) is 0 Å². The summed E-state index contributed by atoms with van der Waals surface area (Å²) < 4.78 is 42.4. The Hall–Kier alpha value is -2.64. The molecule has 0 bridgehead atoms. The lowest BCUT2D eigenvalue weighted by Crippen LogP contribution is -2.08. The van der Waals surface area contributed by atoms with Crippen LogP contribution in [0.25, 0.3) is 11.3 Å². The van der Waals surface area contributed by atoms with Gasteiger partial charge in [0.25, 0.3) is 0 Å². The van der Waals surface area contributed by atoms with Gasteiger partial charge in [-0.3, -0.25) is 0 Å². The van der Waals surface area contributed by atoms with Gasteiger partial charge in [-0.1, -0.05) is 12.1 Å². The Kier molecular flexibility index (Phi) is 3.79. The van der Waals surface area contributed by atoms with E-state index in [4.69, 9.17) is 0 Å². The summed E-state index contributed by atoms with van der Waals surface area (Å²) in [5.74, 6) is -1.89. The van der Waals surface area contributed by atoms with E-state index in [9.17, 15) is 23.1 Å². The topological polar surface area (TPSA) is 72.3 Å². The highest BCUT2D eigenvalue weighted by atomic mass is 19.4. The van der Waals surface area contributed by atoms with E-state index in [1.165, 1.54) is 12.1 Å². The molecule has 0 spiro atoms. The number of hydrogen-bond donors (Lipinski definition) is 1. The minimum absolute atomic E-state index is 0.0194. The van der Waals surface area contributed by atoms with Crippen molar-refractivity contribution in [3.63, 3.8) is 0 Å². The smallest absolute Gasteiger partial charge is 0.416 e. The van der Waals surface area contributed by atoms with E-state index in [1.807, 2.05) is 0 Å². The van der Waals surface area contributed by atoms with Crippen LogP contribution in [0.5, 0.6) is 5.88 Å². The highest BCUT2D eigenvalue weighted by Crippen LogP contribution is 2.32. The SMILES string of the molecule is COC(=O)c1nc(O)cc(-c2cccc(C(F)(F)F)c2)n1. The summed E-state index contributed by atoms with van der Waals surface area (Å²) >= 11 is 0. The Bertz CT molecular complexity index is 687. The van der Waals surface area contributed by atoms with Crippen molar-refractivity contribution in [2.45, 2.75) is 6.18 Å². The largest absolute Gasteiger partial charge is 0.493 e. The second kappa shape index (κ2) is 5.39. The molecule has 0 aliphatic heterocycles. The van der Waals surface area contributed by atoms with Crippen molar-refractivity contribution in [3.8, 4) is 17.1 Å². The first-order chi connectivity index (χ1) is 9.81. The number of rotatable bonds is 2. The highest BCUT2D eigenvalue weighted by molar-refractivity contribution is 5.86.